The lowest BCUT2D eigenvalue weighted by Crippen LogP contribution is -2.24. The second-order valence-corrected chi connectivity index (χ2v) is 6.20. The van der Waals surface area contributed by atoms with Crippen LogP contribution in [-0.4, -0.2) is 38.2 Å². The van der Waals surface area contributed by atoms with Crippen LogP contribution in [0.15, 0.2) is 23.2 Å². The van der Waals surface area contributed by atoms with E-state index < -0.39 is 0 Å². The van der Waals surface area contributed by atoms with Crippen molar-refractivity contribution in [2.45, 2.75) is 12.8 Å². The number of thioether (sulfide) groups is 1. The van der Waals surface area contributed by atoms with Crippen LogP contribution in [0.1, 0.15) is 12.8 Å². The Hall–Kier alpha value is -0.830. The number of guanidine groups is 1. The van der Waals surface area contributed by atoms with E-state index in [1.54, 1.807) is 14.2 Å². The minimum absolute atomic E-state index is 0. The monoisotopic (exact) mass is 437 g/mol. The van der Waals surface area contributed by atoms with E-state index in [1.807, 2.05) is 30.0 Å². The molecule has 5 nitrogen and oxygen atoms in total. The highest BCUT2D eigenvalue weighted by Gasteiger charge is 2.13. The zero-order valence-electron chi connectivity index (χ0n) is 13.0. The van der Waals surface area contributed by atoms with Crippen LogP contribution >= 0.6 is 35.7 Å². The van der Waals surface area contributed by atoms with E-state index in [2.05, 4.69) is 10.3 Å². The Bertz CT molecular complexity index is 494. The molecule has 1 aliphatic rings. The topological polar surface area (TPSA) is 68.9 Å². The number of ether oxygens (including phenoxy) is 2. The van der Waals surface area contributed by atoms with Crippen molar-refractivity contribution in [2.24, 2.45) is 16.6 Å². The number of benzene rings is 1. The van der Waals surface area contributed by atoms with Crippen LogP contribution in [0.3, 0.4) is 0 Å². The van der Waals surface area contributed by atoms with Gasteiger partial charge in [0.1, 0.15) is 0 Å². The molecule has 1 saturated heterocycles. The maximum absolute atomic E-state index is 5.95. The lowest BCUT2D eigenvalue weighted by molar-refractivity contribution is 0.355. The minimum atomic E-state index is 0. The smallest absolute Gasteiger partial charge is 0.193 e. The second kappa shape index (κ2) is 10.0. The fraction of sp³-hybridized carbons (Fsp3) is 0.533. The predicted molar refractivity (Wildman–Crippen MR) is 105 cm³/mol. The molecule has 3 N–H and O–H groups in total. The molecule has 0 radical (unpaired) electrons. The van der Waals surface area contributed by atoms with Crippen LogP contribution in [0.5, 0.6) is 11.5 Å². The standard InChI is InChI=1S/C15H23N3O2S.HI/c1-19-13-4-3-12(9-14(13)20-2)18-15(16)17-10-11-5-7-21-8-6-11;/h3-4,9,11H,5-8,10H2,1-2H3,(H3,16,17,18);1H. The molecule has 0 bridgehead atoms. The quantitative estimate of drug-likeness (QED) is 0.421. The van der Waals surface area contributed by atoms with E-state index in [-0.39, 0.29) is 24.0 Å². The Morgan fingerprint density at radius 2 is 1.95 bits per heavy atom. The highest BCUT2D eigenvalue weighted by Crippen LogP contribution is 2.29. The van der Waals surface area contributed by atoms with Crippen molar-refractivity contribution in [3.05, 3.63) is 18.2 Å². The van der Waals surface area contributed by atoms with Crippen LogP contribution in [0.25, 0.3) is 0 Å². The Balaban J connectivity index is 0.00000242. The summed E-state index contributed by atoms with van der Waals surface area (Å²) in [4.78, 5) is 4.44. The predicted octanol–water partition coefficient (Wildman–Crippen LogP) is 3.19. The van der Waals surface area contributed by atoms with E-state index in [0.29, 0.717) is 23.4 Å². The molecule has 1 aliphatic heterocycles. The molecular weight excluding hydrogens is 413 g/mol. The summed E-state index contributed by atoms with van der Waals surface area (Å²) in [5.74, 6) is 4.95. The van der Waals surface area contributed by atoms with Crippen LogP contribution in [0.2, 0.25) is 0 Å². The lowest BCUT2D eigenvalue weighted by atomic mass is 10.0. The third-order valence-corrected chi connectivity index (χ3v) is 4.57. The Labute approximate surface area is 153 Å². The van der Waals surface area contributed by atoms with Crippen LogP contribution in [-0.2, 0) is 0 Å². The molecule has 1 aromatic rings. The summed E-state index contributed by atoms with van der Waals surface area (Å²) in [7, 11) is 3.23. The number of hydrogen-bond acceptors (Lipinski definition) is 4. The molecule has 2 rings (SSSR count). The Morgan fingerprint density at radius 1 is 1.27 bits per heavy atom. The molecular formula is C15H24IN3O2S. The molecule has 1 fully saturated rings. The highest BCUT2D eigenvalue weighted by atomic mass is 127. The molecule has 0 amide bonds. The van der Waals surface area contributed by atoms with Gasteiger partial charge in [0.2, 0.25) is 0 Å². The first-order chi connectivity index (χ1) is 10.2. The molecule has 0 spiro atoms. The van der Waals surface area contributed by atoms with Crippen LogP contribution in [0, 0.1) is 5.92 Å². The van der Waals surface area contributed by atoms with Gasteiger partial charge in [0.05, 0.1) is 14.2 Å². The molecule has 0 aliphatic carbocycles. The normalized spacial score (nSPS) is 15.8. The van der Waals surface area contributed by atoms with Crippen molar-refractivity contribution in [2.75, 3.05) is 37.6 Å². The van der Waals surface area contributed by atoms with Crippen LogP contribution in [0.4, 0.5) is 5.69 Å². The molecule has 124 valence electrons. The van der Waals surface area contributed by atoms with E-state index in [0.717, 1.165) is 12.2 Å². The van der Waals surface area contributed by atoms with Gasteiger partial charge in [-0.3, -0.25) is 4.99 Å². The first-order valence-electron chi connectivity index (χ1n) is 7.09. The van der Waals surface area contributed by atoms with Gasteiger partial charge in [-0.1, -0.05) is 0 Å². The Kier molecular flexibility index (Phi) is 8.77. The van der Waals surface area contributed by atoms with Gasteiger partial charge < -0.3 is 20.5 Å². The van der Waals surface area contributed by atoms with Gasteiger partial charge in [0.25, 0.3) is 0 Å². The molecule has 7 heteroatoms. The van der Waals surface area contributed by atoms with Crippen molar-refractivity contribution < 1.29 is 9.47 Å². The van der Waals surface area contributed by atoms with Crippen molar-refractivity contribution in [1.82, 2.24) is 0 Å². The van der Waals surface area contributed by atoms with Crippen molar-refractivity contribution >= 4 is 47.4 Å². The van der Waals surface area contributed by atoms with Crippen molar-refractivity contribution in [1.29, 1.82) is 0 Å². The summed E-state index contributed by atoms with van der Waals surface area (Å²) < 4.78 is 10.5. The maximum Gasteiger partial charge on any atom is 0.193 e. The SMILES string of the molecule is COc1ccc(NC(N)=NCC2CCSCC2)cc1OC.I. The number of methoxy groups -OCH3 is 2. The number of halogens is 1. The molecule has 1 aromatic carbocycles. The van der Waals surface area contributed by atoms with Gasteiger partial charge in [-0.05, 0) is 42.4 Å². The number of nitrogens with two attached hydrogens (primary N) is 1. The van der Waals surface area contributed by atoms with Gasteiger partial charge in [0, 0.05) is 18.3 Å². The van der Waals surface area contributed by atoms with Crippen molar-refractivity contribution in [3.8, 4) is 11.5 Å². The highest BCUT2D eigenvalue weighted by molar-refractivity contribution is 14.0. The number of hydrogen-bond donors (Lipinski definition) is 2. The van der Waals surface area contributed by atoms with Gasteiger partial charge in [-0.25, -0.2) is 0 Å². The summed E-state index contributed by atoms with van der Waals surface area (Å²) in [5.41, 5.74) is 6.79. The average molecular weight is 437 g/mol. The molecule has 22 heavy (non-hydrogen) atoms. The van der Waals surface area contributed by atoms with E-state index in [1.165, 1.54) is 24.3 Å². The molecule has 0 unspecified atom stereocenters. The summed E-state index contributed by atoms with van der Waals surface area (Å²) in [6.07, 6.45) is 2.47. The Morgan fingerprint density at radius 3 is 2.59 bits per heavy atom. The van der Waals surface area contributed by atoms with Gasteiger partial charge >= 0.3 is 0 Å². The van der Waals surface area contributed by atoms with E-state index in [9.17, 15) is 0 Å². The first-order valence-corrected chi connectivity index (χ1v) is 8.25. The third-order valence-electron chi connectivity index (χ3n) is 3.52. The van der Waals surface area contributed by atoms with E-state index >= 15 is 0 Å². The summed E-state index contributed by atoms with van der Waals surface area (Å²) in [5, 5.41) is 3.09. The van der Waals surface area contributed by atoms with Gasteiger partial charge in [-0.2, -0.15) is 11.8 Å². The van der Waals surface area contributed by atoms with Gasteiger partial charge in [0.15, 0.2) is 17.5 Å². The largest absolute Gasteiger partial charge is 0.493 e. The fourth-order valence-electron chi connectivity index (χ4n) is 2.26. The number of rotatable bonds is 5. The number of nitrogens with one attached hydrogen (secondary N) is 1. The lowest BCUT2D eigenvalue weighted by Gasteiger charge is -2.19. The van der Waals surface area contributed by atoms with Crippen molar-refractivity contribution in [3.63, 3.8) is 0 Å². The second-order valence-electron chi connectivity index (χ2n) is 4.98. The number of nitrogens with zero attached hydrogens (tertiary/aromatic N) is 1. The summed E-state index contributed by atoms with van der Waals surface area (Å²) in [6.45, 7) is 0.798. The maximum atomic E-state index is 5.95. The zero-order chi connectivity index (χ0) is 15.1. The average Bonchev–Trinajstić information content (AvgIpc) is 2.53. The third kappa shape index (κ3) is 5.75. The summed E-state index contributed by atoms with van der Waals surface area (Å²) in [6, 6.07) is 5.58. The van der Waals surface area contributed by atoms with E-state index in [4.69, 9.17) is 15.2 Å². The number of anilines is 1. The van der Waals surface area contributed by atoms with Crippen LogP contribution < -0.4 is 20.5 Å². The molecule has 1 heterocycles. The van der Waals surface area contributed by atoms with Gasteiger partial charge in [-0.15, -0.1) is 24.0 Å². The zero-order valence-corrected chi connectivity index (χ0v) is 16.1. The molecule has 0 saturated carbocycles. The molecule has 0 atom stereocenters. The molecule has 0 aromatic heterocycles. The first kappa shape index (κ1) is 19.2. The minimum Gasteiger partial charge on any atom is -0.493 e. The number of aliphatic imine (C=N–C) groups is 1. The summed E-state index contributed by atoms with van der Waals surface area (Å²) >= 11 is 2.02. The fourth-order valence-corrected chi connectivity index (χ4v) is 3.46.